The molecule has 0 radical (unpaired) electrons. The van der Waals surface area contributed by atoms with Crippen LogP contribution in [-0.2, 0) is 16.3 Å². The predicted octanol–water partition coefficient (Wildman–Crippen LogP) is 1.65. The number of likely N-dealkylation sites (tertiary alicyclic amines) is 1. The molecule has 9 heteroatoms. The van der Waals surface area contributed by atoms with Gasteiger partial charge >= 0.3 is 0 Å². The molecule has 0 aliphatic carbocycles. The normalized spacial score (nSPS) is 16.3. The maximum absolute atomic E-state index is 11.5. The molecule has 0 saturated carbocycles. The number of benzene rings is 1. The first-order valence-corrected chi connectivity index (χ1v) is 12.0. The Hall–Kier alpha value is -0.910. The molecule has 1 aromatic carbocycles. The van der Waals surface area contributed by atoms with E-state index in [2.05, 4.69) is 20.5 Å². The zero-order valence-corrected chi connectivity index (χ0v) is 20.6. The highest BCUT2D eigenvalue weighted by Crippen LogP contribution is 2.11. The number of hydrogen-bond acceptors (Lipinski definition) is 5. The maximum atomic E-state index is 11.5. The number of sulfone groups is 1. The van der Waals surface area contributed by atoms with E-state index in [0.29, 0.717) is 4.90 Å². The zero-order valence-electron chi connectivity index (χ0n) is 17.4. The van der Waals surface area contributed by atoms with Gasteiger partial charge in [-0.3, -0.25) is 4.99 Å². The Labute approximate surface area is 192 Å². The quantitative estimate of drug-likeness (QED) is 0.192. The molecule has 1 heterocycles. The lowest BCUT2D eigenvalue weighted by Gasteiger charge is -2.29. The molecule has 1 saturated heterocycles. The van der Waals surface area contributed by atoms with Crippen molar-refractivity contribution in [3.8, 4) is 0 Å². The third kappa shape index (κ3) is 10.1. The van der Waals surface area contributed by atoms with Crippen LogP contribution in [0.2, 0.25) is 0 Å². The Morgan fingerprint density at radius 3 is 2.45 bits per heavy atom. The van der Waals surface area contributed by atoms with Gasteiger partial charge in [-0.05, 0) is 56.8 Å². The van der Waals surface area contributed by atoms with Crippen LogP contribution in [0.1, 0.15) is 31.7 Å². The molecule has 3 N–H and O–H groups in total. The maximum Gasteiger partial charge on any atom is 0.191 e. The Bertz CT molecular complexity index is 718. The van der Waals surface area contributed by atoms with Gasteiger partial charge in [-0.1, -0.05) is 12.1 Å². The van der Waals surface area contributed by atoms with Crippen molar-refractivity contribution in [2.24, 2.45) is 4.99 Å². The van der Waals surface area contributed by atoms with Gasteiger partial charge in [0.15, 0.2) is 15.8 Å². The van der Waals surface area contributed by atoms with Crippen molar-refractivity contribution in [2.75, 3.05) is 45.5 Å². The summed E-state index contributed by atoms with van der Waals surface area (Å²) in [4.78, 5) is 7.37. The number of halogens is 1. The molecule has 0 bridgehead atoms. The Morgan fingerprint density at radius 2 is 1.86 bits per heavy atom. The average molecular weight is 538 g/mol. The number of guanidine groups is 1. The van der Waals surface area contributed by atoms with Gasteiger partial charge in [0, 0.05) is 39.0 Å². The summed E-state index contributed by atoms with van der Waals surface area (Å²) in [6, 6.07) is 7.03. The van der Waals surface area contributed by atoms with Crippen LogP contribution in [0.15, 0.2) is 34.2 Å². The lowest BCUT2D eigenvalue weighted by Crippen LogP contribution is -2.39. The predicted molar refractivity (Wildman–Crippen MR) is 129 cm³/mol. The largest absolute Gasteiger partial charge is 0.393 e. The lowest BCUT2D eigenvalue weighted by molar-refractivity contribution is 0.0824. The van der Waals surface area contributed by atoms with Gasteiger partial charge in [0.1, 0.15) is 0 Å². The molecule has 1 fully saturated rings. The average Bonchev–Trinajstić information content (AvgIpc) is 2.66. The van der Waals surface area contributed by atoms with Crippen molar-refractivity contribution in [1.82, 2.24) is 15.5 Å². The summed E-state index contributed by atoms with van der Waals surface area (Å²) in [6.45, 7) is 7.30. The second-order valence-corrected chi connectivity index (χ2v) is 9.30. The van der Waals surface area contributed by atoms with Crippen molar-refractivity contribution in [1.29, 1.82) is 0 Å². The summed E-state index contributed by atoms with van der Waals surface area (Å²) in [6.07, 6.45) is 4.64. The van der Waals surface area contributed by atoms with Crippen LogP contribution >= 0.6 is 24.0 Å². The second-order valence-electron chi connectivity index (χ2n) is 7.28. The van der Waals surface area contributed by atoms with Gasteiger partial charge in [0.05, 0.1) is 11.0 Å². The van der Waals surface area contributed by atoms with E-state index in [1.165, 1.54) is 6.26 Å². The third-order valence-corrected chi connectivity index (χ3v) is 5.99. The van der Waals surface area contributed by atoms with Crippen molar-refractivity contribution in [2.45, 2.75) is 43.6 Å². The number of aliphatic hydroxyl groups is 1. The molecule has 29 heavy (non-hydrogen) atoms. The topological polar surface area (TPSA) is 94.0 Å². The first-order chi connectivity index (χ1) is 13.4. The third-order valence-electron chi connectivity index (χ3n) is 4.86. The molecule has 0 aromatic heterocycles. The van der Waals surface area contributed by atoms with Gasteiger partial charge in [-0.25, -0.2) is 8.42 Å². The highest BCUT2D eigenvalue weighted by molar-refractivity contribution is 14.0. The standard InChI is InChI=1S/C20H34N4O3S.HI/c1-3-21-20(22-12-4-14-24-15-10-18(25)11-16-24)23-13-9-17-5-7-19(8-6-17)28(2,26)27;/h5-8,18,25H,3-4,9-16H2,1-2H3,(H2,21,22,23);1H. The number of nitrogens with one attached hydrogen (secondary N) is 2. The van der Waals surface area contributed by atoms with Crippen LogP contribution < -0.4 is 10.6 Å². The molecule has 166 valence electrons. The summed E-state index contributed by atoms with van der Waals surface area (Å²) in [5, 5.41) is 16.1. The summed E-state index contributed by atoms with van der Waals surface area (Å²) < 4.78 is 23.0. The lowest BCUT2D eigenvalue weighted by atomic mass is 10.1. The molecule has 0 atom stereocenters. The summed E-state index contributed by atoms with van der Waals surface area (Å²) in [5.74, 6) is 0.810. The molecule has 1 aromatic rings. The SMILES string of the molecule is CCNC(=NCCCN1CCC(O)CC1)NCCc1ccc(S(C)(=O)=O)cc1.I. The summed E-state index contributed by atoms with van der Waals surface area (Å²) in [5.41, 5.74) is 1.09. The molecule has 1 aliphatic heterocycles. The minimum Gasteiger partial charge on any atom is -0.393 e. The molecule has 0 amide bonds. The van der Waals surface area contributed by atoms with E-state index in [-0.39, 0.29) is 30.1 Å². The molecule has 7 nitrogen and oxygen atoms in total. The van der Waals surface area contributed by atoms with Gasteiger partial charge < -0.3 is 20.6 Å². The van der Waals surface area contributed by atoms with Crippen LogP contribution in [0.5, 0.6) is 0 Å². The Balaban J connectivity index is 0.00000420. The Kier molecular flexibility index (Phi) is 12.1. The van der Waals surface area contributed by atoms with E-state index >= 15 is 0 Å². The highest BCUT2D eigenvalue weighted by atomic mass is 127. The van der Waals surface area contributed by atoms with E-state index in [4.69, 9.17) is 0 Å². The summed E-state index contributed by atoms with van der Waals surface area (Å²) >= 11 is 0. The van der Waals surface area contributed by atoms with Crippen molar-refractivity contribution < 1.29 is 13.5 Å². The second kappa shape index (κ2) is 13.4. The first kappa shape index (κ1) is 26.1. The van der Waals surface area contributed by atoms with Crippen LogP contribution in [0, 0.1) is 0 Å². The molecule has 0 unspecified atom stereocenters. The van der Waals surface area contributed by atoms with Crippen LogP contribution in [0.25, 0.3) is 0 Å². The van der Waals surface area contributed by atoms with E-state index in [1.54, 1.807) is 12.1 Å². The first-order valence-electron chi connectivity index (χ1n) is 10.1. The fraction of sp³-hybridized carbons (Fsp3) is 0.650. The van der Waals surface area contributed by atoms with Crippen molar-refractivity contribution >= 4 is 39.8 Å². The number of rotatable bonds is 9. The van der Waals surface area contributed by atoms with Crippen LogP contribution in [0.4, 0.5) is 0 Å². The van der Waals surface area contributed by atoms with Gasteiger partial charge in [-0.2, -0.15) is 0 Å². The van der Waals surface area contributed by atoms with E-state index in [1.807, 2.05) is 19.1 Å². The minimum atomic E-state index is -3.15. The molecule has 2 rings (SSSR count). The van der Waals surface area contributed by atoms with Crippen LogP contribution in [0.3, 0.4) is 0 Å². The number of nitrogens with zero attached hydrogens (tertiary/aromatic N) is 2. The van der Waals surface area contributed by atoms with Crippen LogP contribution in [-0.4, -0.2) is 76.0 Å². The number of piperidine rings is 1. The zero-order chi connectivity index (χ0) is 20.4. The van der Waals surface area contributed by atoms with E-state index < -0.39 is 9.84 Å². The fourth-order valence-corrected chi connectivity index (χ4v) is 3.83. The fourth-order valence-electron chi connectivity index (χ4n) is 3.20. The smallest absolute Gasteiger partial charge is 0.191 e. The summed E-state index contributed by atoms with van der Waals surface area (Å²) in [7, 11) is -3.15. The molecular formula is C20H35IN4O3S. The van der Waals surface area contributed by atoms with Crippen molar-refractivity contribution in [3.63, 3.8) is 0 Å². The minimum absolute atomic E-state index is 0. The number of aliphatic imine (C=N–C) groups is 1. The van der Waals surface area contributed by atoms with Crippen molar-refractivity contribution in [3.05, 3.63) is 29.8 Å². The number of hydrogen-bond donors (Lipinski definition) is 3. The van der Waals surface area contributed by atoms with E-state index in [9.17, 15) is 13.5 Å². The molecular weight excluding hydrogens is 503 g/mol. The van der Waals surface area contributed by atoms with Gasteiger partial charge in [0.2, 0.25) is 0 Å². The Morgan fingerprint density at radius 1 is 1.21 bits per heavy atom. The molecule has 0 spiro atoms. The molecule has 1 aliphatic rings. The van der Waals surface area contributed by atoms with Gasteiger partial charge in [0.25, 0.3) is 0 Å². The monoisotopic (exact) mass is 538 g/mol. The number of aliphatic hydroxyl groups excluding tert-OH is 1. The highest BCUT2D eigenvalue weighted by Gasteiger charge is 2.15. The van der Waals surface area contributed by atoms with Gasteiger partial charge in [-0.15, -0.1) is 24.0 Å². The van der Waals surface area contributed by atoms with E-state index in [0.717, 1.165) is 76.5 Å².